The van der Waals surface area contributed by atoms with Crippen molar-refractivity contribution in [1.82, 2.24) is 0 Å². The molecule has 0 fully saturated rings. The first-order chi connectivity index (χ1) is 14.8. The van der Waals surface area contributed by atoms with E-state index in [1.54, 1.807) is 0 Å². The Bertz CT molecular complexity index is 1200. The minimum Gasteiger partial charge on any atom is -0.456 e. The van der Waals surface area contributed by atoms with Crippen molar-refractivity contribution < 1.29 is 4.74 Å². The molecule has 0 aromatic heterocycles. The van der Waals surface area contributed by atoms with Gasteiger partial charge in [0.05, 0.1) is 0 Å². The van der Waals surface area contributed by atoms with Gasteiger partial charge in [0.25, 0.3) is 0 Å². The van der Waals surface area contributed by atoms with E-state index in [4.69, 9.17) is 4.74 Å². The van der Waals surface area contributed by atoms with Gasteiger partial charge in [-0.15, -0.1) is 0 Å². The molecule has 0 unspecified atom stereocenters. The molecule has 0 bridgehead atoms. The van der Waals surface area contributed by atoms with Crippen LogP contribution in [0.5, 0.6) is 11.5 Å². The van der Waals surface area contributed by atoms with Crippen molar-refractivity contribution in [1.29, 1.82) is 0 Å². The summed E-state index contributed by atoms with van der Waals surface area (Å²) in [6.07, 6.45) is 2.89. The summed E-state index contributed by atoms with van der Waals surface area (Å²) >= 11 is 0. The van der Waals surface area contributed by atoms with Crippen molar-refractivity contribution in [3.63, 3.8) is 0 Å². The Hall–Kier alpha value is -3.32. The number of hydrogen-bond acceptors (Lipinski definition) is 1. The minimum atomic E-state index is 0.928. The molecule has 1 heteroatoms. The second-order valence-electron chi connectivity index (χ2n) is 7.87. The van der Waals surface area contributed by atoms with Crippen molar-refractivity contribution in [2.75, 3.05) is 0 Å². The van der Waals surface area contributed by atoms with Crippen molar-refractivity contribution in [3.8, 4) is 33.8 Å². The molecule has 5 rings (SSSR count). The number of aryl methyl sites for hydroxylation is 1. The van der Waals surface area contributed by atoms with Gasteiger partial charge in [-0.1, -0.05) is 92.7 Å². The molecule has 0 N–H and O–H groups in total. The number of benzene rings is 4. The molecule has 0 amide bonds. The Balaban J connectivity index is 1.66. The standard InChI is InChI=1S/C29H26O/c1-3-20-17-18-25(21-11-6-5-7-12-21)29(23(20)4-2)30-28-16-10-15-26-24-14-9-8-13-22(24)19-27(26)28/h5-18H,3-4,19H2,1-2H3. The first-order valence-electron chi connectivity index (χ1n) is 10.9. The molecule has 1 aliphatic rings. The Morgan fingerprint density at radius 3 is 2.23 bits per heavy atom. The van der Waals surface area contributed by atoms with E-state index in [2.05, 4.69) is 98.8 Å². The van der Waals surface area contributed by atoms with Gasteiger partial charge in [-0.25, -0.2) is 0 Å². The maximum Gasteiger partial charge on any atom is 0.138 e. The molecule has 0 saturated heterocycles. The summed E-state index contributed by atoms with van der Waals surface area (Å²) in [6.45, 7) is 4.44. The summed E-state index contributed by atoms with van der Waals surface area (Å²) in [5, 5.41) is 0. The SMILES string of the molecule is CCc1ccc(-c2ccccc2)c(Oc2cccc3c2Cc2ccccc2-3)c1CC. The lowest BCUT2D eigenvalue weighted by Gasteiger charge is -2.20. The van der Waals surface area contributed by atoms with Crippen molar-refractivity contribution in [2.45, 2.75) is 33.1 Å². The monoisotopic (exact) mass is 390 g/mol. The topological polar surface area (TPSA) is 9.23 Å². The summed E-state index contributed by atoms with van der Waals surface area (Å²) in [5.74, 6) is 1.98. The molecule has 4 aromatic carbocycles. The van der Waals surface area contributed by atoms with Crippen LogP contribution in [-0.4, -0.2) is 0 Å². The highest BCUT2D eigenvalue weighted by Gasteiger charge is 2.23. The van der Waals surface area contributed by atoms with E-state index in [1.807, 2.05) is 0 Å². The van der Waals surface area contributed by atoms with E-state index in [0.717, 1.165) is 36.3 Å². The fraction of sp³-hybridized carbons (Fsp3) is 0.172. The van der Waals surface area contributed by atoms with Gasteiger partial charge in [0.1, 0.15) is 11.5 Å². The molecule has 0 radical (unpaired) electrons. The maximum absolute atomic E-state index is 6.80. The Labute approximate surface area is 179 Å². The van der Waals surface area contributed by atoms with E-state index in [-0.39, 0.29) is 0 Å². The molecule has 148 valence electrons. The van der Waals surface area contributed by atoms with Gasteiger partial charge in [0, 0.05) is 17.5 Å². The van der Waals surface area contributed by atoms with Crippen LogP contribution in [0.4, 0.5) is 0 Å². The smallest absolute Gasteiger partial charge is 0.138 e. The lowest BCUT2D eigenvalue weighted by molar-refractivity contribution is 0.473. The van der Waals surface area contributed by atoms with Crippen LogP contribution >= 0.6 is 0 Å². The summed E-state index contributed by atoms with van der Waals surface area (Å²) in [4.78, 5) is 0. The molecule has 4 aromatic rings. The van der Waals surface area contributed by atoms with Gasteiger partial charge in [-0.05, 0) is 52.3 Å². The normalized spacial score (nSPS) is 11.8. The van der Waals surface area contributed by atoms with Gasteiger partial charge in [0.15, 0.2) is 0 Å². The fourth-order valence-corrected chi connectivity index (χ4v) is 4.68. The molecule has 0 heterocycles. The summed E-state index contributed by atoms with van der Waals surface area (Å²) in [5.41, 5.74) is 10.3. The fourth-order valence-electron chi connectivity index (χ4n) is 4.68. The predicted molar refractivity (Wildman–Crippen MR) is 125 cm³/mol. The molecular weight excluding hydrogens is 364 g/mol. The van der Waals surface area contributed by atoms with E-state index < -0.39 is 0 Å². The highest BCUT2D eigenvalue weighted by molar-refractivity contribution is 5.80. The van der Waals surface area contributed by atoms with Gasteiger partial charge in [-0.3, -0.25) is 0 Å². The number of ether oxygens (including phenoxy) is 1. The Morgan fingerprint density at radius 1 is 0.667 bits per heavy atom. The van der Waals surface area contributed by atoms with E-state index in [9.17, 15) is 0 Å². The minimum absolute atomic E-state index is 0.928. The number of fused-ring (bicyclic) bond motifs is 3. The number of hydrogen-bond donors (Lipinski definition) is 0. The largest absolute Gasteiger partial charge is 0.456 e. The zero-order chi connectivity index (χ0) is 20.5. The third-order valence-corrected chi connectivity index (χ3v) is 6.20. The summed E-state index contributed by atoms with van der Waals surface area (Å²) in [6, 6.07) is 30.2. The van der Waals surface area contributed by atoms with E-state index in [0.29, 0.717) is 0 Å². The van der Waals surface area contributed by atoms with Gasteiger partial charge >= 0.3 is 0 Å². The predicted octanol–water partition coefficient (Wildman–Crippen LogP) is 7.84. The van der Waals surface area contributed by atoms with Crippen LogP contribution < -0.4 is 4.74 Å². The average Bonchev–Trinajstić information content (AvgIpc) is 3.19. The van der Waals surface area contributed by atoms with Crippen LogP contribution in [0.25, 0.3) is 22.3 Å². The molecule has 0 saturated carbocycles. The van der Waals surface area contributed by atoms with Crippen LogP contribution in [-0.2, 0) is 19.3 Å². The molecule has 0 aliphatic heterocycles. The summed E-state index contributed by atoms with van der Waals surface area (Å²) < 4.78 is 6.80. The quantitative estimate of drug-likeness (QED) is 0.297. The lowest BCUT2D eigenvalue weighted by atomic mass is 9.94. The second-order valence-corrected chi connectivity index (χ2v) is 7.87. The van der Waals surface area contributed by atoms with Crippen molar-refractivity contribution in [3.05, 3.63) is 107 Å². The van der Waals surface area contributed by atoms with Crippen LogP contribution in [0, 0.1) is 0 Å². The van der Waals surface area contributed by atoms with Gasteiger partial charge < -0.3 is 4.74 Å². The highest BCUT2D eigenvalue weighted by atomic mass is 16.5. The maximum atomic E-state index is 6.80. The Morgan fingerprint density at radius 2 is 1.43 bits per heavy atom. The van der Waals surface area contributed by atoms with Crippen molar-refractivity contribution >= 4 is 0 Å². The summed E-state index contributed by atoms with van der Waals surface area (Å²) in [7, 11) is 0. The van der Waals surface area contributed by atoms with Crippen LogP contribution in [0.3, 0.4) is 0 Å². The third kappa shape index (κ3) is 3.11. The van der Waals surface area contributed by atoms with E-state index in [1.165, 1.54) is 38.9 Å². The number of rotatable bonds is 5. The van der Waals surface area contributed by atoms with Crippen LogP contribution in [0.15, 0.2) is 84.9 Å². The molecule has 1 aliphatic carbocycles. The zero-order valence-electron chi connectivity index (χ0n) is 17.6. The highest BCUT2D eigenvalue weighted by Crippen LogP contribution is 2.45. The first kappa shape index (κ1) is 18.7. The molecule has 1 nitrogen and oxygen atoms in total. The van der Waals surface area contributed by atoms with Crippen LogP contribution in [0.2, 0.25) is 0 Å². The van der Waals surface area contributed by atoms with E-state index >= 15 is 0 Å². The molecule has 0 atom stereocenters. The molecule has 30 heavy (non-hydrogen) atoms. The van der Waals surface area contributed by atoms with Crippen molar-refractivity contribution in [2.24, 2.45) is 0 Å². The molecule has 0 spiro atoms. The average molecular weight is 391 g/mol. The molecular formula is C29H26O. The zero-order valence-corrected chi connectivity index (χ0v) is 17.6. The van der Waals surface area contributed by atoms with Gasteiger partial charge in [-0.2, -0.15) is 0 Å². The Kier molecular flexibility index (Phi) is 4.88. The first-order valence-corrected chi connectivity index (χ1v) is 10.9. The third-order valence-electron chi connectivity index (χ3n) is 6.20. The van der Waals surface area contributed by atoms with Gasteiger partial charge in [0.2, 0.25) is 0 Å². The second kappa shape index (κ2) is 7.84. The lowest BCUT2D eigenvalue weighted by Crippen LogP contribution is -2.00. The van der Waals surface area contributed by atoms with Crippen LogP contribution in [0.1, 0.15) is 36.1 Å².